The van der Waals surface area contributed by atoms with Gasteiger partial charge in [0.15, 0.2) is 18.3 Å². The highest BCUT2D eigenvalue weighted by atomic mass is 35.5. The van der Waals surface area contributed by atoms with Crippen LogP contribution in [0, 0.1) is 0 Å². The third kappa shape index (κ3) is 4.58. The van der Waals surface area contributed by atoms with Crippen molar-refractivity contribution in [3.8, 4) is 11.4 Å². The fourth-order valence-corrected chi connectivity index (χ4v) is 2.59. The lowest BCUT2D eigenvalue weighted by Gasteiger charge is -2.06. The van der Waals surface area contributed by atoms with Crippen LogP contribution in [0.4, 0.5) is 5.69 Å². The minimum absolute atomic E-state index is 0.148. The number of thiophene rings is 1. The Morgan fingerprint density at radius 2 is 2.24 bits per heavy atom. The SMILES string of the molecule is O=C(COC(=O)Cn1nnc(-c2ccsc2)n1)Nc1cccnc1Cl. The molecule has 128 valence electrons. The van der Waals surface area contributed by atoms with Gasteiger partial charge in [0.2, 0.25) is 5.82 Å². The summed E-state index contributed by atoms with van der Waals surface area (Å²) in [5.74, 6) is -0.784. The summed E-state index contributed by atoms with van der Waals surface area (Å²) in [5, 5.41) is 18.1. The summed E-state index contributed by atoms with van der Waals surface area (Å²) >= 11 is 7.33. The van der Waals surface area contributed by atoms with E-state index in [4.69, 9.17) is 16.3 Å². The van der Waals surface area contributed by atoms with Crippen LogP contribution < -0.4 is 5.32 Å². The topological polar surface area (TPSA) is 112 Å². The molecule has 0 saturated carbocycles. The number of halogens is 1. The minimum atomic E-state index is -0.665. The molecular formula is C14H11ClN6O3S. The van der Waals surface area contributed by atoms with Crippen LogP contribution in [0.5, 0.6) is 0 Å². The highest BCUT2D eigenvalue weighted by Crippen LogP contribution is 2.17. The summed E-state index contributed by atoms with van der Waals surface area (Å²) in [6.07, 6.45) is 1.49. The maximum absolute atomic E-state index is 11.8. The number of tetrazole rings is 1. The van der Waals surface area contributed by atoms with Crippen molar-refractivity contribution in [2.75, 3.05) is 11.9 Å². The Labute approximate surface area is 150 Å². The van der Waals surface area contributed by atoms with Gasteiger partial charge in [-0.15, -0.1) is 10.2 Å². The number of carbonyl (C=O) groups is 2. The molecule has 0 aliphatic rings. The largest absolute Gasteiger partial charge is 0.454 e. The molecule has 25 heavy (non-hydrogen) atoms. The number of esters is 1. The van der Waals surface area contributed by atoms with Crippen LogP contribution in [0.25, 0.3) is 11.4 Å². The maximum Gasteiger partial charge on any atom is 0.330 e. The number of ether oxygens (including phenoxy) is 1. The van der Waals surface area contributed by atoms with Crippen LogP contribution in [0.15, 0.2) is 35.2 Å². The van der Waals surface area contributed by atoms with Crippen LogP contribution in [0.1, 0.15) is 0 Å². The number of nitrogens with zero attached hydrogens (tertiary/aromatic N) is 5. The lowest BCUT2D eigenvalue weighted by atomic mass is 10.3. The monoisotopic (exact) mass is 378 g/mol. The van der Waals surface area contributed by atoms with Crippen LogP contribution in [0.3, 0.4) is 0 Å². The summed E-state index contributed by atoms with van der Waals surface area (Å²) in [4.78, 5) is 28.4. The van der Waals surface area contributed by atoms with Gasteiger partial charge in [0.1, 0.15) is 0 Å². The quantitative estimate of drug-likeness (QED) is 0.512. The van der Waals surface area contributed by atoms with Gasteiger partial charge in [-0.2, -0.15) is 16.1 Å². The maximum atomic E-state index is 11.8. The Kier molecular flexibility index (Phi) is 5.31. The predicted octanol–water partition coefficient (Wildman–Crippen LogP) is 1.63. The average molecular weight is 379 g/mol. The van der Waals surface area contributed by atoms with Gasteiger partial charge in [0.25, 0.3) is 5.91 Å². The van der Waals surface area contributed by atoms with E-state index in [0.717, 1.165) is 10.4 Å². The molecule has 0 fully saturated rings. The van der Waals surface area contributed by atoms with Crippen molar-refractivity contribution in [3.05, 3.63) is 40.3 Å². The molecule has 11 heteroatoms. The molecule has 0 aliphatic heterocycles. The van der Waals surface area contributed by atoms with E-state index in [1.807, 2.05) is 16.8 Å². The van der Waals surface area contributed by atoms with Crippen molar-refractivity contribution in [2.24, 2.45) is 0 Å². The molecule has 0 bridgehead atoms. The highest BCUT2D eigenvalue weighted by molar-refractivity contribution is 7.08. The second-order valence-corrected chi connectivity index (χ2v) is 5.84. The zero-order chi connectivity index (χ0) is 17.6. The summed E-state index contributed by atoms with van der Waals surface area (Å²) in [5.41, 5.74) is 1.15. The first-order chi connectivity index (χ1) is 12.1. The lowest BCUT2D eigenvalue weighted by Crippen LogP contribution is -2.23. The molecule has 0 unspecified atom stereocenters. The molecule has 0 aliphatic carbocycles. The van der Waals surface area contributed by atoms with Gasteiger partial charge < -0.3 is 10.1 Å². The minimum Gasteiger partial charge on any atom is -0.454 e. The zero-order valence-corrected chi connectivity index (χ0v) is 14.2. The Morgan fingerprint density at radius 3 is 3.00 bits per heavy atom. The van der Waals surface area contributed by atoms with Gasteiger partial charge in [-0.05, 0) is 28.8 Å². The number of aromatic nitrogens is 5. The van der Waals surface area contributed by atoms with E-state index in [1.165, 1.54) is 17.5 Å². The Morgan fingerprint density at radius 1 is 1.36 bits per heavy atom. The molecule has 3 rings (SSSR count). The van der Waals surface area contributed by atoms with Crippen molar-refractivity contribution >= 4 is 40.5 Å². The molecule has 0 spiro atoms. The summed E-state index contributed by atoms with van der Waals surface area (Å²) in [6, 6.07) is 5.05. The third-order valence-corrected chi connectivity index (χ3v) is 3.88. The molecule has 0 aromatic carbocycles. The number of anilines is 1. The standard InChI is InChI=1S/C14H11ClN6O3S/c15-13-10(2-1-4-16-13)17-11(22)7-24-12(23)6-21-19-14(18-20-21)9-3-5-25-8-9/h1-5,8H,6-7H2,(H,17,22). The van der Waals surface area contributed by atoms with Gasteiger partial charge >= 0.3 is 5.97 Å². The van der Waals surface area contributed by atoms with Crippen LogP contribution in [-0.2, 0) is 20.9 Å². The lowest BCUT2D eigenvalue weighted by molar-refractivity contribution is -0.148. The van der Waals surface area contributed by atoms with E-state index in [1.54, 1.807) is 12.1 Å². The first-order valence-electron chi connectivity index (χ1n) is 6.98. The van der Waals surface area contributed by atoms with E-state index in [9.17, 15) is 9.59 Å². The number of hydrogen-bond donors (Lipinski definition) is 1. The van der Waals surface area contributed by atoms with Crippen molar-refractivity contribution in [3.63, 3.8) is 0 Å². The van der Waals surface area contributed by atoms with E-state index in [-0.39, 0.29) is 11.7 Å². The van der Waals surface area contributed by atoms with Gasteiger partial charge in [0, 0.05) is 17.1 Å². The third-order valence-electron chi connectivity index (χ3n) is 2.90. The van der Waals surface area contributed by atoms with E-state index in [0.29, 0.717) is 11.5 Å². The number of nitrogens with one attached hydrogen (secondary N) is 1. The summed E-state index contributed by atoms with van der Waals surface area (Å²) < 4.78 is 4.88. The van der Waals surface area contributed by atoms with E-state index in [2.05, 4.69) is 25.7 Å². The van der Waals surface area contributed by atoms with E-state index < -0.39 is 18.5 Å². The molecule has 1 amide bonds. The molecule has 3 aromatic heterocycles. The highest BCUT2D eigenvalue weighted by Gasteiger charge is 2.13. The first-order valence-corrected chi connectivity index (χ1v) is 8.30. The fraction of sp³-hybridized carbons (Fsp3) is 0.143. The molecule has 0 saturated heterocycles. The Bertz CT molecular complexity index is 882. The molecule has 0 radical (unpaired) electrons. The van der Waals surface area contributed by atoms with Gasteiger partial charge in [-0.3, -0.25) is 4.79 Å². The van der Waals surface area contributed by atoms with Gasteiger partial charge in [-0.1, -0.05) is 11.6 Å². The first kappa shape index (κ1) is 17.0. The molecule has 0 atom stereocenters. The summed E-state index contributed by atoms with van der Waals surface area (Å²) in [6.45, 7) is -0.714. The second-order valence-electron chi connectivity index (χ2n) is 4.71. The number of hydrogen-bond acceptors (Lipinski definition) is 8. The van der Waals surface area contributed by atoms with Crippen molar-refractivity contribution in [2.45, 2.75) is 6.54 Å². The number of rotatable bonds is 6. The van der Waals surface area contributed by atoms with Crippen LogP contribution in [-0.4, -0.2) is 43.7 Å². The number of pyridine rings is 1. The molecule has 3 aromatic rings. The van der Waals surface area contributed by atoms with Crippen molar-refractivity contribution < 1.29 is 14.3 Å². The second kappa shape index (κ2) is 7.81. The van der Waals surface area contributed by atoms with Crippen LogP contribution >= 0.6 is 22.9 Å². The van der Waals surface area contributed by atoms with Crippen molar-refractivity contribution in [1.29, 1.82) is 0 Å². The smallest absolute Gasteiger partial charge is 0.330 e. The molecule has 1 N–H and O–H groups in total. The predicted molar refractivity (Wildman–Crippen MR) is 90.0 cm³/mol. The zero-order valence-electron chi connectivity index (χ0n) is 12.6. The van der Waals surface area contributed by atoms with Crippen molar-refractivity contribution in [1.82, 2.24) is 25.2 Å². The van der Waals surface area contributed by atoms with Crippen LogP contribution in [0.2, 0.25) is 5.15 Å². The molecular weight excluding hydrogens is 368 g/mol. The van der Waals surface area contributed by atoms with E-state index >= 15 is 0 Å². The Hall–Kier alpha value is -2.85. The van der Waals surface area contributed by atoms with Gasteiger partial charge in [-0.25, -0.2) is 9.78 Å². The number of amides is 1. The molecule has 3 heterocycles. The normalized spacial score (nSPS) is 10.4. The fourth-order valence-electron chi connectivity index (χ4n) is 1.79. The Balaban J connectivity index is 1.48. The number of carbonyl (C=O) groups excluding carboxylic acids is 2. The molecule has 9 nitrogen and oxygen atoms in total. The summed E-state index contributed by atoms with van der Waals surface area (Å²) in [7, 11) is 0. The van der Waals surface area contributed by atoms with Gasteiger partial charge in [0.05, 0.1) is 5.69 Å². The average Bonchev–Trinajstić information content (AvgIpc) is 3.26.